The van der Waals surface area contributed by atoms with Crippen LogP contribution in [0.4, 0.5) is 0 Å². The third-order valence-corrected chi connectivity index (χ3v) is 3.53. The molecule has 0 aliphatic carbocycles. The zero-order valence-corrected chi connectivity index (χ0v) is 12.8. The fourth-order valence-electron chi connectivity index (χ4n) is 2.08. The first-order valence-corrected chi connectivity index (χ1v) is 6.72. The molecule has 0 radical (unpaired) electrons. The topological polar surface area (TPSA) is 47.9 Å². The number of aliphatic hydroxyl groups excluding tert-OH is 1. The largest absolute Gasteiger partial charge is 0.497 e. The van der Waals surface area contributed by atoms with Crippen LogP contribution in [0, 0.1) is 0 Å². The normalized spacial score (nSPS) is 11.9. The summed E-state index contributed by atoms with van der Waals surface area (Å²) in [4.78, 5) is 0. The number of methoxy groups -OCH3 is 3. The van der Waals surface area contributed by atoms with E-state index in [-0.39, 0.29) is 0 Å². The summed E-state index contributed by atoms with van der Waals surface area (Å²) in [6.07, 6.45) is -0.874. The van der Waals surface area contributed by atoms with E-state index < -0.39 is 6.10 Å². The molecular formula is C16H17ClO4. The van der Waals surface area contributed by atoms with Gasteiger partial charge in [-0.15, -0.1) is 0 Å². The van der Waals surface area contributed by atoms with E-state index in [1.54, 1.807) is 50.6 Å². The van der Waals surface area contributed by atoms with E-state index in [2.05, 4.69) is 0 Å². The first kappa shape index (κ1) is 15.5. The maximum atomic E-state index is 10.6. The van der Waals surface area contributed by atoms with Crippen molar-refractivity contribution in [2.75, 3.05) is 21.3 Å². The van der Waals surface area contributed by atoms with Crippen LogP contribution in [0.1, 0.15) is 17.2 Å². The molecule has 0 saturated heterocycles. The third-order valence-electron chi connectivity index (χ3n) is 3.22. The van der Waals surface area contributed by atoms with Crippen molar-refractivity contribution in [1.82, 2.24) is 0 Å². The van der Waals surface area contributed by atoms with Crippen LogP contribution in [0.3, 0.4) is 0 Å². The van der Waals surface area contributed by atoms with Gasteiger partial charge < -0.3 is 19.3 Å². The Kier molecular flexibility index (Phi) is 4.94. The molecule has 4 nitrogen and oxygen atoms in total. The van der Waals surface area contributed by atoms with Crippen molar-refractivity contribution in [2.45, 2.75) is 6.10 Å². The number of hydrogen-bond donors (Lipinski definition) is 1. The molecule has 0 amide bonds. The number of ether oxygens (including phenoxy) is 3. The fraction of sp³-hybridized carbons (Fsp3) is 0.250. The van der Waals surface area contributed by atoms with E-state index in [0.717, 1.165) is 0 Å². The Hall–Kier alpha value is -1.91. The lowest BCUT2D eigenvalue weighted by Gasteiger charge is -2.17. The van der Waals surface area contributed by atoms with Gasteiger partial charge in [-0.25, -0.2) is 0 Å². The maximum Gasteiger partial charge on any atom is 0.137 e. The van der Waals surface area contributed by atoms with Gasteiger partial charge in [0.05, 0.1) is 26.4 Å². The van der Waals surface area contributed by atoms with Crippen LogP contribution in [0.15, 0.2) is 36.4 Å². The Morgan fingerprint density at radius 2 is 1.62 bits per heavy atom. The summed E-state index contributed by atoms with van der Waals surface area (Å²) >= 11 is 6.00. The van der Waals surface area contributed by atoms with Crippen LogP contribution in [-0.2, 0) is 0 Å². The molecule has 0 aliphatic rings. The van der Waals surface area contributed by atoms with Crippen LogP contribution in [0.25, 0.3) is 0 Å². The second-order valence-electron chi connectivity index (χ2n) is 4.40. The Bertz CT molecular complexity index is 628. The zero-order chi connectivity index (χ0) is 15.4. The first-order chi connectivity index (χ1) is 10.1. The SMILES string of the molecule is COc1ccc(OC)c(C(O)c2ccc(Cl)c(OC)c2)c1. The summed E-state index contributed by atoms with van der Waals surface area (Å²) in [6.45, 7) is 0. The Morgan fingerprint density at radius 1 is 0.905 bits per heavy atom. The van der Waals surface area contributed by atoms with Gasteiger partial charge >= 0.3 is 0 Å². The van der Waals surface area contributed by atoms with Crippen molar-refractivity contribution in [3.05, 3.63) is 52.5 Å². The third kappa shape index (κ3) is 3.23. The van der Waals surface area contributed by atoms with Crippen LogP contribution >= 0.6 is 11.6 Å². The van der Waals surface area contributed by atoms with Gasteiger partial charge in [-0.3, -0.25) is 0 Å². The molecule has 0 aromatic heterocycles. The van der Waals surface area contributed by atoms with Gasteiger partial charge in [0, 0.05) is 5.56 Å². The second-order valence-corrected chi connectivity index (χ2v) is 4.81. The fourth-order valence-corrected chi connectivity index (χ4v) is 2.27. The molecule has 0 fully saturated rings. The average molecular weight is 309 g/mol. The monoisotopic (exact) mass is 308 g/mol. The highest BCUT2D eigenvalue weighted by atomic mass is 35.5. The van der Waals surface area contributed by atoms with Crippen molar-refractivity contribution in [3.63, 3.8) is 0 Å². The summed E-state index contributed by atoms with van der Waals surface area (Å²) in [6, 6.07) is 10.4. The van der Waals surface area contributed by atoms with Gasteiger partial charge in [-0.1, -0.05) is 17.7 Å². The maximum absolute atomic E-state index is 10.6. The lowest BCUT2D eigenvalue weighted by molar-refractivity contribution is 0.213. The molecule has 2 rings (SSSR count). The van der Waals surface area contributed by atoms with E-state index in [1.165, 1.54) is 7.11 Å². The molecular weight excluding hydrogens is 292 g/mol. The standard InChI is InChI=1S/C16H17ClO4/c1-19-11-5-7-14(20-2)12(9-11)16(18)10-4-6-13(17)15(8-10)21-3/h4-9,16,18H,1-3H3. The lowest BCUT2D eigenvalue weighted by Crippen LogP contribution is -2.03. The predicted octanol–water partition coefficient (Wildman–Crippen LogP) is 3.45. The van der Waals surface area contributed by atoms with Gasteiger partial charge in [0.2, 0.25) is 0 Å². The van der Waals surface area contributed by atoms with Crippen LogP contribution in [-0.4, -0.2) is 26.4 Å². The highest BCUT2D eigenvalue weighted by Crippen LogP contribution is 2.35. The van der Waals surface area contributed by atoms with Crippen molar-refractivity contribution in [3.8, 4) is 17.2 Å². The minimum atomic E-state index is -0.874. The Morgan fingerprint density at radius 3 is 2.24 bits per heavy atom. The molecule has 5 heteroatoms. The van der Waals surface area contributed by atoms with E-state index in [4.69, 9.17) is 25.8 Å². The smallest absolute Gasteiger partial charge is 0.137 e. The zero-order valence-electron chi connectivity index (χ0n) is 12.1. The van der Waals surface area contributed by atoms with Gasteiger partial charge in [0.25, 0.3) is 0 Å². The lowest BCUT2D eigenvalue weighted by atomic mass is 10.00. The van der Waals surface area contributed by atoms with E-state index in [9.17, 15) is 5.11 Å². The molecule has 0 bridgehead atoms. The summed E-state index contributed by atoms with van der Waals surface area (Å²) < 4.78 is 15.7. The molecule has 1 unspecified atom stereocenters. The number of hydrogen-bond acceptors (Lipinski definition) is 4. The molecule has 112 valence electrons. The van der Waals surface area contributed by atoms with Crippen LogP contribution < -0.4 is 14.2 Å². The first-order valence-electron chi connectivity index (χ1n) is 6.34. The Labute approximate surface area is 128 Å². The van der Waals surface area contributed by atoms with Crippen molar-refractivity contribution >= 4 is 11.6 Å². The number of halogens is 1. The van der Waals surface area contributed by atoms with E-state index >= 15 is 0 Å². The molecule has 0 heterocycles. The van der Waals surface area contributed by atoms with Crippen molar-refractivity contribution < 1.29 is 19.3 Å². The summed E-state index contributed by atoms with van der Waals surface area (Å²) in [5.74, 6) is 1.73. The minimum absolute atomic E-state index is 0.492. The average Bonchev–Trinajstić information content (AvgIpc) is 2.54. The number of aliphatic hydroxyl groups is 1. The molecule has 0 aliphatic heterocycles. The number of rotatable bonds is 5. The van der Waals surface area contributed by atoms with E-state index in [1.807, 2.05) is 0 Å². The van der Waals surface area contributed by atoms with Crippen molar-refractivity contribution in [2.24, 2.45) is 0 Å². The molecule has 0 spiro atoms. The van der Waals surface area contributed by atoms with Gasteiger partial charge in [-0.2, -0.15) is 0 Å². The summed E-state index contributed by atoms with van der Waals surface area (Å²) in [5, 5.41) is 11.1. The minimum Gasteiger partial charge on any atom is -0.497 e. The number of benzene rings is 2. The summed E-state index contributed by atoms with van der Waals surface area (Å²) in [7, 11) is 4.66. The molecule has 1 atom stereocenters. The van der Waals surface area contributed by atoms with Gasteiger partial charge in [0.1, 0.15) is 23.4 Å². The molecule has 2 aromatic carbocycles. The van der Waals surface area contributed by atoms with Gasteiger partial charge in [-0.05, 0) is 35.9 Å². The van der Waals surface area contributed by atoms with Crippen LogP contribution in [0.5, 0.6) is 17.2 Å². The highest BCUT2D eigenvalue weighted by molar-refractivity contribution is 6.32. The quantitative estimate of drug-likeness (QED) is 0.919. The van der Waals surface area contributed by atoms with Crippen molar-refractivity contribution in [1.29, 1.82) is 0 Å². The molecule has 2 aromatic rings. The van der Waals surface area contributed by atoms with Crippen LogP contribution in [0.2, 0.25) is 5.02 Å². The Balaban J connectivity index is 2.45. The highest BCUT2D eigenvalue weighted by Gasteiger charge is 2.18. The van der Waals surface area contributed by atoms with E-state index in [0.29, 0.717) is 33.4 Å². The predicted molar refractivity (Wildman–Crippen MR) is 81.6 cm³/mol. The molecule has 1 N–H and O–H groups in total. The molecule has 21 heavy (non-hydrogen) atoms. The second kappa shape index (κ2) is 6.70. The molecule has 0 saturated carbocycles. The summed E-state index contributed by atoms with van der Waals surface area (Å²) in [5.41, 5.74) is 1.27. The van der Waals surface area contributed by atoms with Gasteiger partial charge in [0.15, 0.2) is 0 Å².